The van der Waals surface area contributed by atoms with Crippen LogP contribution in [0.1, 0.15) is 24.8 Å². The standard InChI is InChI=1S/C14H20BrNO3/c1-18-12-6-10(11(15)7-13(12)19-2)8-16-14(9-17)4-3-5-14/h6-7,16-17H,3-5,8-9H2,1-2H3. The van der Waals surface area contributed by atoms with Crippen molar-refractivity contribution in [2.45, 2.75) is 31.3 Å². The van der Waals surface area contributed by atoms with Crippen molar-refractivity contribution in [1.82, 2.24) is 5.32 Å². The Morgan fingerprint density at radius 1 is 1.26 bits per heavy atom. The van der Waals surface area contributed by atoms with Crippen molar-refractivity contribution in [2.24, 2.45) is 0 Å². The number of benzene rings is 1. The Morgan fingerprint density at radius 2 is 1.89 bits per heavy atom. The molecule has 0 saturated heterocycles. The number of nitrogens with one attached hydrogen (secondary N) is 1. The van der Waals surface area contributed by atoms with Crippen LogP contribution in [0.4, 0.5) is 0 Å². The molecule has 1 saturated carbocycles. The maximum absolute atomic E-state index is 9.45. The van der Waals surface area contributed by atoms with E-state index in [1.54, 1.807) is 14.2 Å². The molecule has 2 N–H and O–H groups in total. The average molecular weight is 330 g/mol. The second-order valence-electron chi connectivity index (χ2n) is 4.94. The zero-order valence-electron chi connectivity index (χ0n) is 11.3. The molecule has 0 radical (unpaired) electrons. The zero-order chi connectivity index (χ0) is 13.9. The van der Waals surface area contributed by atoms with Gasteiger partial charge in [0.25, 0.3) is 0 Å². The Labute approximate surface area is 122 Å². The third-order valence-corrected chi connectivity index (χ3v) is 4.56. The smallest absolute Gasteiger partial charge is 0.161 e. The van der Waals surface area contributed by atoms with Crippen LogP contribution >= 0.6 is 15.9 Å². The van der Waals surface area contributed by atoms with E-state index >= 15 is 0 Å². The second-order valence-corrected chi connectivity index (χ2v) is 5.80. The van der Waals surface area contributed by atoms with Crippen LogP contribution in [0.2, 0.25) is 0 Å². The molecular weight excluding hydrogens is 310 g/mol. The molecule has 0 heterocycles. The van der Waals surface area contributed by atoms with Gasteiger partial charge in [0.05, 0.1) is 20.8 Å². The van der Waals surface area contributed by atoms with Gasteiger partial charge in [-0.2, -0.15) is 0 Å². The Morgan fingerprint density at radius 3 is 2.37 bits per heavy atom. The molecular formula is C14H20BrNO3. The molecule has 0 spiro atoms. The van der Waals surface area contributed by atoms with Crippen molar-refractivity contribution in [3.05, 3.63) is 22.2 Å². The normalized spacial score (nSPS) is 16.8. The van der Waals surface area contributed by atoms with Gasteiger partial charge in [0.2, 0.25) is 0 Å². The van der Waals surface area contributed by atoms with E-state index in [0.717, 1.165) is 22.9 Å². The van der Waals surface area contributed by atoms with Crippen molar-refractivity contribution < 1.29 is 14.6 Å². The first-order valence-electron chi connectivity index (χ1n) is 6.40. The maximum Gasteiger partial charge on any atom is 0.161 e. The lowest BCUT2D eigenvalue weighted by Crippen LogP contribution is -2.53. The lowest BCUT2D eigenvalue weighted by molar-refractivity contribution is 0.0871. The van der Waals surface area contributed by atoms with Gasteiger partial charge in [0.15, 0.2) is 11.5 Å². The summed E-state index contributed by atoms with van der Waals surface area (Å²) in [6.45, 7) is 0.888. The summed E-state index contributed by atoms with van der Waals surface area (Å²) in [6.07, 6.45) is 3.25. The van der Waals surface area contributed by atoms with Crippen molar-refractivity contribution in [2.75, 3.05) is 20.8 Å². The number of halogens is 1. The molecule has 4 nitrogen and oxygen atoms in total. The molecule has 19 heavy (non-hydrogen) atoms. The van der Waals surface area contributed by atoms with Gasteiger partial charge in [-0.05, 0) is 37.0 Å². The van der Waals surface area contributed by atoms with Gasteiger partial charge in [-0.25, -0.2) is 0 Å². The molecule has 1 aliphatic rings. The van der Waals surface area contributed by atoms with Crippen LogP contribution in [0, 0.1) is 0 Å². The molecule has 0 bridgehead atoms. The van der Waals surface area contributed by atoms with Crippen LogP contribution in [0.25, 0.3) is 0 Å². The summed E-state index contributed by atoms with van der Waals surface area (Å²) in [5.74, 6) is 1.42. The Bertz CT molecular complexity index is 441. The minimum absolute atomic E-state index is 0.0907. The molecule has 0 atom stereocenters. The summed E-state index contributed by atoms with van der Waals surface area (Å²) in [5, 5.41) is 12.9. The number of aliphatic hydroxyl groups is 1. The fraction of sp³-hybridized carbons (Fsp3) is 0.571. The number of ether oxygens (including phenoxy) is 2. The molecule has 5 heteroatoms. The highest BCUT2D eigenvalue weighted by Crippen LogP contribution is 2.35. The Kier molecular flexibility index (Phi) is 4.71. The first kappa shape index (κ1) is 14.6. The fourth-order valence-electron chi connectivity index (χ4n) is 2.31. The summed E-state index contributed by atoms with van der Waals surface area (Å²) in [5.41, 5.74) is 1.00. The van der Waals surface area contributed by atoms with E-state index in [-0.39, 0.29) is 12.1 Å². The molecule has 0 amide bonds. The highest BCUT2D eigenvalue weighted by atomic mass is 79.9. The van der Waals surface area contributed by atoms with E-state index in [4.69, 9.17) is 9.47 Å². The number of rotatable bonds is 6. The molecule has 0 aromatic heterocycles. The van der Waals surface area contributed by atoms with Crippen LogP contribution < -0.4 is 14.8 Å². The molecule has 1 aliphatic carbocycles. The Balaban J connectivity index is 2.11. The average Bonchev–Trinajstić information content (AvgIpc) is 2.39. The summed E-state index contributed by atoms with van der Waals surface area (Å²) in [6, 6.07) is 3.86. The molecule has 2 rings (SSSR count). The SMILES string of the molecule is COc1cc(Br)c(CNC2(CO)CCC2)cc1OC. The lowest BCUT2D eigenvalue weighted by atomic mass is 9.77. The molecule has 1 fully saturated rings. The van der Waals surface area contributed by atoms with Gasteiger partial charge in [-0.1, -0.05) is 15.9 Å². The summed E-state index contributed by atoms with van der Waals surface area (Å²) in [4.78, 5) is 0. The van der Waals surface area contributed by atoms with E-state index in [9.17, 15) is 5.11 Å². The van der Waals surface area contributed by atoms with E-state index in [0.29, 0.717) is 18.0 Å². The van der Waals surface area contributed by atoms with Crippen molar-refractivity contribution in [3.8, 4) is 11.5 Å². The van der Waals surface area contributed by atoms with Gasteiger partial charge in [0, 0.05) is 16.6 Å². The highest BCUT2D eigenvalue weighted by Gasteiger charge is 2.35. The van der Waals surface area contributed by atoms with Crippen LogP contribution in [-0.4, -0.2) is 31.5 Å². The van der Waals surface area contributed by atoms with E-state index in [2.05, 4.69) is 21.2 Å². The van der Waals surface area contributed by atoms with Crippen LogP contribution in [0.5, 0.6) is 11.5 Å². The number of methoxy groups -OCH3 is 2. The fourth-order valence-corrected chi connectivity index (χ4v) is 2.77. The summed E-state index contributed by atoms with van der Waals surface area (Å²) in [7, 11) is 3.25. The largest absolute Gasteiger partial charge is 0.493 e. The maximum atomic E-state index is 9.45. The number of hydrogen-bond acceptors (Lipinski definition) is 4. The monoisotopic (exact) mass is 329 g/mol. The lowest BCUT2D eigenvalue weighted by Gasteiger charge is -2.41. The molecule has 0 unspecified atom stereocenters. The Hall–Kier alpha value is -0.780. The predicted molar refractivity (Wildman–Crippen MR) is 77.8 cm³/mol. The molecule has 0 aliphatic heterocycles. The van der Waals surface area contributed by atoms with E-state index in [1.165, 1.54) is 6.42 Å². The van der Waals surface area contributed by atoms with Gasteiger partial charge >= 0.3 is 0 Å². The van der Waals surface area contributed by atoms with Gasteiger partial charge in [-0.3, -0.25) is 0 Å². The second kappa shape index (κ2) is 6.11. The minimum atomic E-state index is -0.0907. The highest BCUT2D eigenvalue weighted by molar-refractivity contribution is 9.10. The van der Waals surface area contributed by atoms with Crippen molar-refractivity contribution >= 4 is 15.9 Å². The first-order chi connectivity index (χ1) is 9.14. The first-order valence-corrected chi connectivity index (χ1v) is 7.20. The number of aliphatic hydroxyl groups excluding tert-OH is 1. The van der Waals surface area contributed by atoms with Crippen LogP contribution in [-0.2, 0) is 6.54 Å². The van der Waals surface area contributed by atoms with Crippen LogP contribution in [0.3, 0.4) is 0 Å². The third kappa shape index (κ3) is 3.04. The topological polar surface area (TPSA) is 50.7 Å². The molecule has 106 valence electrons. The summed E-state index contributed by atoms with van der Waals surface area (Å²) < 4.78 is 11.5. The quantitative estimate of drug-likeness (QED) is 0.841. The van der Waals surface area contributed by atoms with Gasteiger partial charge in [-0.15, -0.1) is 0 Å². The minimum Gasteiger partial charge on any atom is -0.493 e. The third-order valence-electron chi connectivity index (χ3n) is 3.82. The van der Waals surface area contributed by atoms with Crippen molar-refractivity contribution in [1.29, 1.82) is 0 Å². The zero-order valence-corrected chi connectivity index (χ0v) is 12.9. The number of hydrogen-bond donors (Lipinski definition) is 2. The van der Waals surface area contributed by atoms with E-state index < -0.39 is 0 Å². The molecule has 1 aromatic carbocycles. The van der Waals surface area contributed by atoms with Gasteiger partial charge < -0.3 is 19.9 Å². The van der Waals surface area contributed by atoms with Crippen molar-refractivity contribution in [3.63, 3.8) is 0 Å². The summed E-state index contributed by atoms with van der Waals surface area (Å²) >= 11 is 3.54. The van der Waals surface area contributed by atoms with Gasteiger partial charge in [0.1, 0.15) is 0 Å². The van der Waals surface area contributed by atoms with E-state index in [1.807, 2.05) is 12.1 Å². The molecule has 1 aromatic rings. The van der Waals surface area contributed by atoms with Crippen LogP contribution in [0.15, 0.2) is 16.6 Å². The predicted octanol–water partition coefficient (Wildman–Crippen LogP) is 2.47.